The van der Waals surface area contributed by atoms with E-state index in [-0.39, 0.29) is 5.91 Å². The zero-order valence-electron chi connectivity index (χ0n) is 33.5. The number of nitrogen functional groups attached to an aromatic ring is 1. The average Bonchev–Trinajstić information content (AvgIpc) is 4.06. The summed E-state index contributed by atoms with van der Waals surface area (Å²) in [5, 5.41) is 4.75. The number of amides is 1. The second-order valence-electron chi connectivity index (χ2n) is 14.3. The molecular weight excluding hydrogens is 886 g/mol. The average molecular weight is 921 g/mol. The lowest BCUT2D eigenvalue weighted by Gasteiger charge is -2.12. The smallest absolute Gasteiger partial charge is 0.221 e. The molecule has 8 aromatic heterocycles. The van der Waals surface area contributed by atoms with E-state index in [4.69, 9.17) is 71.6 Å². The van der Waals surface area contributed by atoms with Crippen molar-refractivity contribution in [3.05, 3.63) is 141 Å². The van der Waals surface area contributed by atoms with Crippen LogP contribution in [0.3, 0.4) is 0 Å². The van der Waals surface area contributed by atoms with Crippen LogP contribution in [0.25, 0.3) is 56.1 Å². The van der Waals surface area contributed by atoms with E-state index in [0.29, 0.717) is 84.5 Å². The number of rotatable bonds is 9. The number of imidazole rings is 4. The van der Waals surface area contributed by atoms with Gasteiger partial charge < -0.3 is 30.5 Å². The molecule has 0 fully saturated rings. The van der Waals surface area contributed by atoms with Gasteiger partial charge in [-0.2, -0.15) is 0 Å². The number of nitrogens with one attached hydrogen (secondary N) is 3. The number of benzene rings is 2. The van der Waals surface area contributed by atoms with Crippen molar-refractivity contribution in [3.63, 3.8) is 0 Å². The standard InChI is InChI=1S/C23H18Cl2N6O2.C21H16Cl2N6O/c1-12(32)26-18-5-7-19(15-4-3-14(33-2)10-16(15)24)31-11-13(27-23(18)31)9-21-28-17-6-8-20(25)29-22(17)30-21;1-30-12-2-3-13(14(22)9-12)17-6-4-15(24)21-25-11(10-29(17)21)8-19-26-16-5-7-18(23)27-20(16)28-19/h3-8,10-11H,9H2,1-2H3,(H,26,32)(H,28,29,30);2-7,9-10H,8,24H2,1H3,(H,26,27,28). The van der Waals surface area contributed by atoms with Gasteiger partial charge in [-0.15, -0.1) is 0 Å². The summed E-state index contributed by atoms with van der Waals surface area (Å²) in [7, 11) is 3.20. The first-order chi connectivity index (χ1) is 30.4. The summed E-state index contributed by atoms with van der Waals surface area (Å²) in [4.78, 5) is 45.2. The Morgan fingerprint density at radius 1 is 0.635 bits per heavy atom. The number of ether oxygens (including phenoxy) is 2. The number of nitrogens with two attached hydrogens (primary N) is 1. The number of carbonyl (C=O) groups is 1. The number of hydrogen-bond donors (Lipinski definition) is 4. The molecule has 8 heterocycles. The van der Waals surface area contributed by atoms with Crippen molar-refractivity contribution >= 4 is 97.3 Å². The van der Waals surface area contributed by atoms with Gasteiger partial charge in [0.05, 0.1) is 69.4 Å². The largest absolute Gasteiger partial charge is 0.497 e. The Bertz CT molecular complexity index is 3380. The normalized spacial score (nSPS) is 11.3. The van der Waals surface area contributed by atoms with E-state index in [2.05, 4.69) is 35.2 Å². The van der Waals surface area contributed by atoms with Gasteiger partial charge in [-0.3, -0.25) is 13.6 Å². The Kier molecular flexibility index (Phi) is 11.2. The van der Waals surface area contributed by atoms with Crippen LogP contribution < -0.4 is 20.5 Å². The van der Waals surface area contributed by atoms with Crippen LogP contribution in [0.2, 0.25) is 20.4 Å². The van der Waals surface area contributed by atoms with Crippen LogP contribution >= 0.6 is 46.4 Å². The highest BCUT2D eigenvalue weighted by Crippen LogP contribution is 2.35. The molecule has 1 amide bonds. The van der Waals surface area contributed by atoms with E-state index < -0.39 is 0 Å². The van der Waals surface area contributed by atoms with E-state index in [1.807, 2.05) is 81.9 Å². The van der Waals surface area contributed by atoms with Crippen molar-refractivity contribution in [2.45, 2.75) is 19.8 Å². The first kappa shape index (κ1) is 41.4. The second-order valence-corrected chi connectivity index (χ2v) is 15.9. The third-order valence-corrected chi connectivity index (χ3v) is 11.0. The summed E-state index contributed by atoms with van der Waals surface area (Å²) in [5.41, 5.74) is 16.3. The maximum atomic E-state index is 11.7. The molecule has 10 aromatic rings. The number of halogens is 4. The topological polar surface area (TPSA) is 191 Å². The van der Waals surface area contributed by atoms with E-state index in [1.165, 1.54) is 6.92 Å². The van der Waals surface area contributed by atoms with E-state index >= 15 is 0 Å². The zero-order chi connectivity index (χ0) is 43.9. The van der Waals surface area contributed by atoms with E-state index in [1.54, 1.807) is 38.5 Å². The van der Waals surface area contributed by atoms with Gasteiger partial charge in [0, 0.05) is 43.3 Å². The second kappa shape index (κ2) is 17.1. The van der Waals surface area contributed by atoms with Crippen molar-refractivity contribution in [1.82, 2.24) is 48.7 Å². The molecule has 0 aliphatic carbocycles. The van der Waals surface area contributed by atoms with Gasteiger partial charge >= 0.3 is 0 Å². The van der Waals surface area contributed by atoms with E-state index in [9.17, 15) is 4.79 Å². The molecule has 63 heavy (non-hydrogen) atoms. The molecule has 10 rings (SSSR count). The number of carbonyl (C=O) groups excluding carboxylic acids is 1. The van der Waals surface area contributed by atoms with E-state index in [0.717, 1.165) is 50.8 Å². The van der Waals surface area contributed by atoms with Crippen LogP contribution in [0.5, 0.6) is 11.5 Å². The van der Waals surface area contributed by atoms with Gasteiger partial charge in [0.1, 0.15) is 33.5 Å². The third kappa shape index (κ3) is 8.51. The molecule has 0 bridgehead atoms. The maximum Gasteiger partial charge on any atom is 0.221 e. The molecule has 0 aliphatic rings. The van der Waals surface area contributed by atoms with Crippen LogP contribution in [0.15, 0.2) is 97.3 Å². The fourth-order valence-electron chi connectivity index (χ4n) is 7.17. The Labute approximate surface area is 378 Å². The fourth-order valence-corrected chi connectivity index (χ4v) is 7.99. The molecule has 0 saturated heterocycles. The third-order valence-electron chi connectivity index (χ3n) is 9.99. The fraction of sp³-hybridized carbons (Fsp3) is 0.114. The zero-order valence-corrected chi connectivity index (χ0v) is 36.6. The summed E-state index contributed by atoms with van der Waals surface area (Å²) in [6.45, 7) is 1.46. The lowest BCUT2D eigenvalue weighted by atomic mass is 10.1. The summed E-state index contributed by atoms with van der Waals surface area (Å²) in [6, 6.07) is 25.7. The number of anilines is 2. The van der Waals surface area contributed by atoms with Crippen molar-refractivity contribution in [2.75, 3.05) is 25.3 Å². The highest BCUT2D eigenvalue weighted by molar-refractivity contribution is 6.34. The number of aromatic amines is 2. The summed E-state index contributed by atoms with van der Waals surface area (Å²) < 4.78 is 14.4. The van der Waals surface area contributed by atoms with Gasteiger partial charge in [-0.25, -0.2) is 29.9 Å². The molecular formula is C44H34Cl4N12O3. The number of aromatic nitrogens is 10. The predicted octanol–water partition coefficient (Wildman–Crippen LogP) is 9.90. The molecule has 19 heteroatoms. The number of H-pyrrole nitrogens is 2. The molecule has 316 valence electrons. The maximum absolute atomic E-state index is 11.7. The number of nitrogens with zero attached hydrogens (tertiary/aromatic N) is 8. The molecule has 5 N–H and O–H groups in total. The number of fused-ring (bicyclic) bond motifs is 4. The van der Waals surface area contributed by atoms with Crippen LogP contribution in [0.4, 0.5) is 11.4 Å². The van der Waals surface area contributed by atoms with Gasteiger partial charge in [0.2, 0.25) is 5.91 Å². The minimum atomic E-state index is -0.183. The molecule has 2 aromatic carbocycles. The van der Waals surface area contributed by atoms with Gasteiger partial charge in [-0.05, 0) is 84.9 Å². The molecule has 0 atom stereocenters. The molecule has 0 unspecified atom stereocenters. The quantitative estimate of drug-likeness (QED) is 0.101. The minimum absolute atomic E-state index is 0.183. The number of methoxy groups -OCH3 is 2. The lowest BCUT2D eigenvalue weighted by molar-refractivity contribution is -0.114. The molecule has 0 spiro atoms. The van der Waals surface area contributed by atoms with Crippen LogP contribution in [0, 0.1) is 0 Å². The van der Waals surface area contributed by atoms with Crippen molar-refractivity contribution in [2.24, 2.45) is 0 Å². The summed E-state index contributed by atoms with van der Waals surface area (Å²) in [5.74, 6) is 2.62. The Morgan fingerprint density at radius 3 is 1.62 bits per heavy atom. The SMILES string of the molecule is COc1ccc(-c2ccc(N)c3nc(Cc4nc5nc(Cl)ccc5[nH]4)cn23)c(Cl)c1.COc1ccc(-c2ccc(NC(C)=O)c3nc(Cc4nc5nc(Cl)ccc5[nH]4)cn23)c(Cl)c1. The molecule has 0 saturated carbocycles. The first-order valence-corrected chi connectivity index (χ1v) is 20.7. The molecule has 0 aliphatic heterocycles. The van der Waals surface area contributed by atoms with Crippen molar-refractivity contribution in [1.29, 1.82) is 0 Å². The summed E-state index contributed by atoms with van der Waals surface area (Å²) >= 11 is 25.0. The molecule has 0 radical (unpaired) electrons. The van der Waals surface area contributed by atoms with Gasteiger partial charge in [0.15, 0.2) is 22.6 Å². The molecule has 15 nitrogen and oxygen atoms in total. The van der Waals surface area contributed by atoms with Crippen molar-refractivity contribution in [3.8, 4) is 34.0 Å². The Balaban J connectivity index is 0.000000161. The van der Waals surface area contributed by atoms with Crippen LogP contribution in [-0.4, -0.2) is 68.8 Å². The lowest BCUT2D eigenvalue weighted by Crippen LogP contribution is -2.07. The minimum Gasteiger partial charge on any atom is -0.497 e. The van der Waals surface area contributed by atoms with Crippen molar-refractivity contribution < 1.29 is 14.3 Å². The first-order valence-electron chi connectivity index (χ1n) is 19.2. The predicted molar refractivity (Wildman–Crippen MR) is 247 cm³/mol. The Morgan fingerprint density at radius 2 is 1.13 bits per heavy atom. The monoisotopic (exact) mass is 918 g/mol. The highest BCUT2D eigenvalue weighted by Gasteiger charge is 2.18. The van der Waals surface area contributed by atoms with Gasteiger partial charge in [0.25, 0.3) is 0 Å². The highest BCUT2D eigenvalue weighted by atomic mass is 35.5. The number of hydrogen-bond acceptors (Lipinski definition) is 10. The van der Waals surface area contributed by atoms with Gasteiger partial charge in [-0.1, -0.05) is 46.4 Å². The Hall–Kier alpha value is -6.91. The summed E-state index contributed by atoms with van der Waals surface area (Å²) in [6.07, 6.45) is 4.77. The number of pyridine rings is 4. The van der Waals surface area contributed by atoms with Crippen LogP contribution in [0.1, 0.15) is 30.0 Å². The van der Waals surface area contributed by atoms with Crippen LogP contribution in [-0.2, 0) is 17.6 Å².